The third kappa shape index (κ3) is 4.97. The average molecular weight is 316 g/mol. The van der Waals surface area contributed by atoms with E-state index >= 15 is 0 Å². The molecule has 1 unspecified atom stereocenters. The molecule has 3 rings (SSSR count). The Hall–Kier alpha value is -1.02. The van der Waals surface area contributed by atoms with Crippen molar-refractivity contribution in [2.24, 2.45) is 5.92 Å². The molecule has 1 aliphatic carbocycles. The second-order valence-electron chi connectivity index (χ2n) is 7.56. The molecule has 2 nitrogen and oxygen atoms in total. The van der Waals surface area contributed by atoms with Gasteiger partial charge in [0.15, 0.2) is 0 Å². The van der Waals surface area contributed by atoms with Gasteiger partial charge in [0.1, 0.15) is 5.75 Å². The summed E-state index contributed by atoms with van der Waals surface area (Å²) in [6, 6.07) is 9.42. The highest BCUT2D eigenvalue weighted by Crippen LogP contribution is 2.29. The van der Waals surface area contributed by atoms with Crippen molar-refractivity contribution in [3.8, 4) is 5.75 Å². The monoisotopic (exact) mass is 315 g/mol. The van der Waals surface area contributed by atoms with E-state index in [0.717, 1.165) is 30.7 Å². The van der Waals surface area contributed by atoms with Gasteiger partial charge >= 0.3 is 0 Å². The summed E-state index contributed by atoms with van der Waals surface area (Å²) < 4.78 is 6.16. The maximum Gasteiger partial charge on any atom is 0.122 e. The van der Waals surface area contributed by atoms with Gasteiger partial charge in [-0.15, -0.1) is 0 Å². The molecule has 0 bridgehead atoms. The largest absolute Gasteiger partial charge is 0.493 e. The lowest BCUT2D eigenvalue weighted by Gasteiger charge is -2.22. The second kappa shape index (κ2) is 8.73. The zero-order valence-electron chi connectivity index (χ0n) is 14.8. The molecule has 1 atom stereocenters. The fraction of sp³-hybridized carbons (Fsp3) is 0.714. The number of likely N-dealkylation sites (tertiary alicyclic amines) is 1. The molecule has 1 saturated heterocycles. The Labute approximate surface area is 142 Å². The Morgan fingerprint density at radius 2 is 1.83 bits per heavy atom. The number of rotatable bonds is 7. The number of aryl methyl sites for hydroxylation is 1. The van der Waals surface area contributed by atoms with Gasteiger partial charge in [0.05, 0.1) is 6.61 Å². The zero-order chi connectivity index (χ0) is 15.9. The summed E-state index contributed by atoms with van der Waals surface area (Å²) in [5, 5.41) is 0. The quantitative estimate of drug-likeness (QED) is 0.697. The average Bonchev–Trinajstić information content (AvgIpc) is 3.00. The molecule has 0 aromatic heterocycles. The van der Waals surface area contributed by atoms with Crippen molar-refractivity contribution >= 4 is 0 Å². The highest BCUT2D eigenvalue weighted by Gasteiger charge is 2.20. The topological polar surface area (TPSA) is 12.5 Å². The van der Waals surface area contributed by atoms with Gasteiger partial charge in [-0.05, 0) is 63.2 Å². The van der Waals surface area contributed by atoms with Gasteiger partial charge in [0.2, 0.25) is 0 Å². The maximum absolute atomic E-state index is 6.16. The second-order valence-corrected chi connectivity index (χ2v) is 7.56. The maximum atomic E-state index is 6.16. The van der Waals surface area contributed by atoms with Crippen LogP contribution in [0.15, 0.2) is 24.3 Å². The summed E-state index contributed by atoms with van der Waals surface area (Å²) in [4.78, 5) is 2.48. The summed E-state index contributed by atoms with van der Waals surface area (Å²) in [7, 11) is 2.25. The minimum atomic E-state index is 0.726. The van der Waals surface area contributed by atoms with Crippen molar-refractivity contribution < 1.29 is 4.74 Å². The van der Waals surface area contributed by atoms with E-state index in [-0.39, 0.29) is 0 Å². The fourth-order valence-corrected chi connectivity index (χ4v) is 4.34. The molecule has 2 heteroatoms. The summed E-state index contributed by atoms with van der Waals surface area (Å²) >= 11 is 0. The van der Waals surface area contributed by atoms with Crippen LogP contribution in [0.25, 0.3) is 0 Å². The van der Waals surface area contributed by atoms with Gasteiger partial charge in [0, 0.05) is 6.04 Å². The third-order valence-electron chi connectivity index (χ3n) is 5.90. The van der Waals surface area contributed by atoms with Crippen LogP contribution < -0.4 is 4.74 Å². The van der Waals surface area contributed by atoms with Crippen molar-refractivity contribution in [2.75, 3.05) is 20.2 Å². The van der Waals surface area contributed by atoms with E-state index in [1.807, 2.05) is 0 Å². The SMILES string of the molecule is CN1CCCC1CCOc1ccccc1CCC1CCCCC1. The first kappa shape index (κ1) is 16.8. The van der Waals surface area contributed by atoms with Gasteiger partial charge in [-0.25, -0.2) is 0 Å². The Morgan fingerprint density at radius 1 is 1.00 bits per heavy atom. The highest BCUT2D eigenvalue weighted by molar-refractivity contribution is 5.33. The molecule has 0 N–H and O–H groups in total. The first-order valence-corrected chi connectivity index (χ1v) is 9.74. The zero-order valence-corrected chi connectivity index (χ0v) is 14.8. The van der Waals surface area contributed by atoms with Crippen LogP contribution in [0.1, 0.15) is 63.4 Å². The minimum absolute atomic E-state index is 0.726. The molecule has 1 heterocycles. The van der Waals surface area contributed by atoms with Crippen LogP contribution in [0.2, 0.25) is 0 Å². The van der Waals surface area contributed by atoms with Gasteiger partial charge < -0.3 is 9.64 Å². The minimum Gasteiger partial charge on any atom is -0.493 e. The van der Waals surface area contributed by atoms with Crippen molar-refractivity contribution in [3.63, 3.8) is 0 Å². The Kier molecular flexibility index (Phi) is 6.38. The fourth-order valence-electron chi connectivity index (χ4n) is 4.34. The van der Waals surface area contributed by atoms with E-state index in [1.54, 1.807) is 0 Å². The predicted octanol–water partition coefficient (Wildman–Crippen LogP) is 5.06. The highest BCUT2D eigenvalue weighted by atomic mass is 16.5. The third-order valence-corrected chi connectivity index (χ3v) is 5.90. The van der Waals surface area contributed by atoms with Crippen LogP contribution in [0.4, 0.5) is 0 Å². The molecule has 0 radical (unpaired) electrons. The van der Waals surface area contributed by atoms with Crippen molar-refractivity contribution in [1.82, 2.24) is 4.90 Å². The molecule has 2 fully saturated rings. The summed E-state index contributed by atoms with van der Waals surface area (Å²) in [6.45, 7) is 2.11. The van der Waals surface area contributed by atoms with Crippen LogP contribution in [0.5, 0.6) is 5.75 Å². The van der Waals surface area contributed by atoms with Crippen LogP contribution in [-0.4, -0.2) is 31.1 Å². The van der Waals surface area contributed by atoms with Crippen LogP contribution in [0.3, 0.4) is 0 Å². The van der Waals surface area contributed by atoms with E-state index in [2.05, 4.69) is 36.2 Å². The smallest absolute Gasteiger partial charge is 0.122 e. The number of hydrogen-bond acceptors (Lipinski definition) is 2. The van der Waals surface area contributed by atoms with Crippen molar-refractivity contribution in [2.45, 2.75) is 70.3 Å². The van der Waals surface area contributed by atoms with Crippen LogP contribution >= 0.6 is 0 Å². The van der Waals surface area contributed by atoms with Crippen molar-refractivity contribution in [3.05, 3.63) is 29.8 Å². The molecule has 1 aromatic carbocycles. The first-order chi connectivity index (χ1) is 11.3. The molecule has 128 valence electrons. The molecule has 1 aromatic rings. The van der Waals surface area contributed by atoms with E-state index in [4.69, 9.17) is 4.74 Å². The summed E-state index contributed by atoms with van der Waals surface area (Å²) in [6.07, 6.45) is 13.6. The van der Waals surface area contributed by atoms with Gasteiger partial charge in [-0.2, -0.15) is 0 Å². The number of nitrogens with zero attached hydrogens (tertiary/aromatic N) is 1. The standard InChI is InChI=1S/C21H33NO/c1-22-16-7-11-20(22)15-17-23-21-12-6-5-10-19(21)14-13-18-8-3-2-4-9-18/h5-6,10,12,18,20H,2-4,7-9,11,13-17H2,1H3. The lowest BCUT2D eigenvalue weighted by atomic mass is 9.85. The summed E-state index contributed by atoms with van der Waals surface area (Å²) in [5.74, 6) is 2.08. The van der Waals surface area contributed by atoms with E-state index in [1.165, 1.54) is 69.9 Å². The first-order valence-electron chi connectivity index (χ1n) is 9.74. The van der Waals surface area contributed by atoms with E-state index < -0.39 is 0 Å². The Balaban J connectivity index is 1.46. The van der Waals surface area contributed by atoms with E-state index in [9.17, 15) is 0 Å². The number of para-hydroxylation sites is 1. The summed E-state index contributed by atoms with van der Waals surface area (Å²) in [5.41, 5.74) is 1.41. The molecular weight excluding hydrogens is 282 g/mol. The molecular formula is C21H33NO. The number of hydrogen-bond donors (Lipinski definition) is 0. The van der Waals surface area contributed by atoms with Gasteiger partial charge in [-0.3, -0.25) is 0 Å². The molecule has 1 saturated carbocycles. The predicted molar refractivity (Wildman–Crippen MR) is 97.1 cm³/mol. The molecule has 0 spiro atoms. The number of ether oxygens (including phenoxy) is 1. The molecule has 2 aliphatic rings. The lowest BCUT2D eigenvalue weighted by Crippen LogP contribution is -2.26. The Morgan fingerprint density at radius 3 is 2.61 bits per heavy atom. The lowest BCUT2D eigenvalue weighted by molar-refractivity contribution is 0.231. The van der Waals surface area contributed by atoms with E-state index in [0.29, 0.717) is 0 Å². The van der Waals surface area contributed by atoms with Crippen molar-refractivity contribution in [1.29, 1.82) is 0 Å². The molecule has 1 aliphatic heterocycles. The molecule has 23 heavy (non-hydrogen) atoms. The Bertz CT molecular complexity index is 467. The van der Waals surface area contributed by atoms with Gasteiger partial charge in [0.25, 0.3) is 0 Å². The van der Waals surface area contributed by atoms with Gasteiger partial charge in [-0.1, -0.05) is 50.3 Å². The molecule has 0 amide bonds. The van der Waals surface area contributed by atoms with Crippen LogP contribution in [0, 0.1) is 5.92 Å². The number of benzene rings is 1. The van der Waals surface area contributed by atoms with Crippen LogP contribution in [-0.2, 0) is 6.42 Å². The normalized spacial score (nSPS) is 23.3.